The van der Waals surface area contributed by atoms with Crippen molar-refractivity contribution in [2.75, 3.05) is 25.4 Å². The topological polar surface area (TPSA) is 71.3 Å². The maximum Gasteiger partial charge on any atom is 0.274 e. The fourth-order valence-corrected chi connectivity index (χ4v) is 5.26. The van der Waals surface area contributed by atoms with Crippen LogP contribution in [0.15, 0.2) is 59.8 Å². The van der Waals surface area contributed by atoms with Crippen LogP contribution in [0.25, 0.3) is 0 Å². The second-order valence-corrected chi connectivity index (χ2v) is 9.43. The third-order valence-corrected chi connectivity index (χ3v) is 7.17. The Bertz CT molecular complexity index is 1130. The zero-order chi connectivity index (χ0) is 22.6. The molecule has 0 radical (unpaired) electrons. The molecule has 1 saturated heterocycles. The second kappa shape index (κ2) is 9.79. The number of likely N-dealkylation sites (tertiary alicyclic amines) is 1. The number of hydrogen-bond acceptors (Lipinski definition) is 5. The van der Waals surface area contributed by atoms with Gasteiger partial charge in [-0.05, 0) is 30.5 Å². The Labute approximate surface area is 197 Å². The van der Waals surface area contributed by atoms with Gasteiger partial charge in [0, 0.05) is 50.1 Å². The standard InChI is InChI=1S/C25H27N5O2S/c31-23(18-33-22-10-4-5-12-26-22)29-15-11-21-20(17-29)24(25(32)28-13-6-7-14-28)27-30(21)16-19-8-2-1-3-9-19/h1-5,8-10,12H,6-7,11,13-18H2. The molecular formula is C25H27N5O2S. The molecule has 1 aromatic carbocycles. The fraction of sp³-hybridized carbons (Fsp3) is 0.360. The molecule has 0 spiro atoms. The molecule has 33 heavy (non-hydrogen) atoms. The largest absolute Gasteiger partial charge is 0.337 e. The van der Waals surface area contributed by atoms with Gasteiger partial charge in [0.25, 0.3) is 5.91 Å². The third-order valence-electron chi connectivity index (χ3n) is 6.24. The lowest BCUT2D eigenvalue weighted by Gasteiger charge is -2.28. The van der Waals surface area contributed by atoms with E-state index in [-0.39, 0.29) is 11.8 Å². The molecule has 2 aromatic heterocycles. The minimum Gasteiger partial charge on any atom is -0.337 e. The molecule has 4 heterocycles. The highest BCUT2D eigenvalue weighted by molar-refractivity contribution is 7.99. The number of amides is 2. The van der Waals surface area contributed by atoms with Gasteiger partial charge >= 0.3 is 0 Å². The summed E-state index contributed by atoms with van der Waals surface area (Å²) in [5, 5.41) is 5.63. The predicted octanol–water partition coefficient (Wildman–Crippen LogP) is 3.24. The third kappa shape index (κ3) is 4.80. The summed E-state index contributed by atoms with van der Waals surface area (Å²) >= 11 is 1.44. The van der Waals surface area contributed by atoms with E-state index in [2.05, 4.69) is 17.1 Å². The smallest absolute Gasteiger partial charge is 0.274 e. The summed E-state index contributed by atoms with van der Waals surface area (Å²) in [7, 11) is 0. The number of rotatable bonds is 6. The Hall–Kier alpha value is -3.13. The quantitative estimate of drug-likeness (QED) is 0.527. The molecule has 1 fully saturated rings. The molecule has 0 unspecified atom stereocenters. The molecule has 0 saturated carbocycles. The summed E-state index contributed by atoms with van der Waals surface area (Å²) in [6, 6.07) is 15.9. The van der Waals surface area contributed by atoms with E-state index in [9.17, 15) is 9.59 Å². The first kappa shape index (κ1) is 21.7. The molecule has 0 atom stereocenters. The SMILES string of the molecule is O=C(CSc1ccccn1)N1CCc2c(c(C(=O)N3CCCC3)nn2Cc2ccccc2)C1. The molecule has 2 aliphatic rings. The van der Waals surface area contributed by atoms with Crippen molar-refractivity contribution in [1.82, 2.24) is 24.6 Å². The molecule has 0 N–H and O–H groups in total. The van der Waals surface area contributed by atoms with Crippen LogP contribution >= 0.6 is 11.8 Å². The summed E-state index contributed by atoms with van der Waals surface area (Å²) in [4.78, 5) is 34.3. The maximum atomic E-state index is 13.3. The maximum absolute atomic E-state index is 13.3. The van der Waals surface area contributed by atoms with Crippen LogP contribution in [0.5, 0.6) is 0 Å². The van der Waals surface area contributed by atoms with Gasteiger partial charge in [0.2, 0.25) is 5.91 Å². The van der Waals surface area contributed by atoms with Crippen molar-refractivity contribution in [2.24, 2.45) is 0 Å². The lowest BCUT2D eigenvalue weighted by atomic mass is 10.0. The Kier molecular flexibility index (Phi) is 6.44. The van der Waals surface area contributed by atoms with Gasteiger partial charge in [-0.1, -0.05) is 48.2 Å². The van der Waals surface area contributed by atoms with Crippen molar-refractivity contribution in [3.8, 4) is 0 Å². The van der Waals surface area contributed by atoms with E-state index in [1.54, 1.807) is 6.20 Å². The van der Waals surface area contributed by atoms with E-state index in [0.717, 1.165) is 47.8 Å². The molecule has 3 aromatic rings. The first-order valence-corrected chi connectivity index (χ1v) is 12.4. The molecular weight excluding hydrogens is 434 g/mol. The Morgan fingerprint density at radius 1 is 0.939 bits per heavy atom. The molecule has 7 nitrogen and oxygen atoms in total. The van der Waals surface area contributed by atoms with Gasteiger partial charge in [0.15, 0.2) is 5.69 Å². The first-order chi connectivity index (χ1) is 16.2. The zero-order valence-corrected chi connectivity index (χ0v) is 19.3. The number of hydrogen-bond donors (Lipinski definition) is 0. The summed E-state index contributed by atoms with van der Waals surface area (Å²) in [6.45, 7) is 3.25. The molecule has 8 heteroatoms. The van der Waals surface area contributed by atoms with E-state index in [1.807, 2.05) is 50.9 Å². The van der Waals surface area contributed by atoms with Gasteiger partial charge in [-0.3, -0.25) is 14.3 Å². The van der Waals surface area contributed by atoms with Crippen LogP contribution in [-0.2, 0) is 24.3 Å². The van der Waals surface area contributed by atoms with E-state index in [0.29, 0.717) is 37.5 Å². The molecule has 2 aliphatic heterocycles. The van der Waals surface area contributed by atoms with E-state index >= 15 is 0 Å². The second-order valence-electron chi connectivity index (χ2n) is 8.44. The minimum atomic E-state index is -0.00674. The molecule has 0 bridgehead atoms. The van der Waals surface area contributed by atoms with Crippen LogP contribution in [-0.4, -0.2) is 61.8 Å². The highest BCUT2D eigenvalue weighted by Crippen LogP contribution is 2.27. The normalized spacial score (nSPS) is 15.5. The van der Waals surface area contributed by atoms with Gasteiger partial charge in [-0.25, -0.2) is 4.98 Å². The number of thioether (sulfide) groups is 1. The van der Waals surface area contributed by atoms with Gasteiger partial charge in [-0.2, -0.15) is 5.10 Å². The zero-order valence-electron chi connectivity index (χ0n) is 18.5. The molecule has 170 valence electrons. The average Bonchev–Trinajstić information content (AvgIpc) is 3.52. The first-order valence-electron chi connectivity index (χ1n) is 11.4. The van der Waals surface area contributed by atoms with Crippen LogP contribution in [0.3, 0.4) is 0 Å². The number of nitrogens with zero attached hydrogens (tertiary/aromatic N) is 5. The Balaban J connectivity index is 1.37. The number of pyridine rings is 1. The average molecular weight is 462 g/mol. The summed E-state index contributed by atoms with van der Waals surface area (Å²) < 4.78 is 1.97. The fourth-order valence-electron chi connectivity index (χ4n) is 4.49. The van der Waals surface area contributed by atoms with Crippen LogP contribution in [0, 0.1) is 0 Å². The summed E-state index contributed by atoms with van der Waals surface area (Å²) in [6.07, 6.45) is 4.50. The van der Waals surface area contributed by atoms with E-state index in [4.69, 9.17) is 5.10 Å². The Morgan fingerprint density at radius 3 is 2.48 bits per heavy atom. The predicted molar refractivity (Wildman–Crippen MR) is 127 cm³/mol. The van der Waals surface area contributed by atoms with Crippen molar-refractivity contribution in [3.05, 3.63) is 77.2 Å². The molecule has 2 amide bonds. The van der Waals surface area contributed by atoms with E-state index in [1.165, 1.54) is 11.8 Å². The van der Waals surface area contributed by atoms with Crippen LogP contribution in [0.1, 0.15) is 40.2 Å². The number of aromatic nitrogens is 3. The number of benzene rings is 1. The summed E-state index contributed by atoms with van der Waals surface area (Å²) in [5.41, 5.74) is 3.64. The number of fused-ring (bicyclic) bond motifs is 1. The minimum absolute atomic E-state index is 0.00674. The van der Waals surface area contributed by atoms with Gasteiger partial charge in [0.1, 0.15) is 0 Å². The van der Waals surface area contributed by atoms with Crippen molar-refractivity contribution >= 4 is 23.6 Å². The Morgan fingerprint density at radius 2 is 1.73 bits per heavy atom. The lowest BCUT2D eigenvalue weighted by Crippen LogP contribution is -2.38. The lowest BCUT2D eigenvalue weighted by molar-refractivity contribution is -0.129. The monoisotopic (exact) mass is 461 g/mol. The van der Waals surface area contributed by atoms with Gasteiger partial charge in [-0.15, -0.1) is 0 Å². The van der Waals surface area contributed by atoms with Crippen LogP contribution in [0.4, 0.5) is 0 Å². The van der Waals surface area contributed by atoms with Crippen molar-refractivity contribution in [1.29, 1.82) is 0 Å². The van der Waals surface area contributed by atoms with E-state index < -0.39 is 0 Å². The number of carbonyl (C=O) groups is 2. The van der Waals surface area contributed by atoms with Crippen LogP contribution in [0.2, 0.25) is 0 Å². The van der Waals surface area contributed by atoms with Gasteiger partial charge < -0.3 is 9.80 Å². The van der Waals surface area contributed by atoms with Crippen molar-refractivity contribution in [3.63, 3.8) is 0 Å². The van der Waals surface area contributed by atoms with Crippen LogP contribution < -0.4 is 0 Å². The van der Waals surface area contributed by atoms with Crippen molar-refractivity contribution in [2.45, 2.75) is 37.4 Å². The molecule has 5 rings (SSSR count). The highest BCUT2D eigenvalue weighted by atomic mass is 32.2. The van der Waals surface area contributed by atoms with Crippen molar-refractivity contribution < 1.29 is 9.59 Å². The number of carbonyl (C=O) groups excluding carboxylic acids is 2. The molecule has 0 aliphatic carbocycles. The highest BCUT2D eigenvalue weighted by Gasteiger charge is 2.32. The summed E-state index contributed by atoms with van der Waals surface area (Å²) in [5.74, 6) is 0.388. The van der Waals surface area contributed by atoms with Gasteiger partial charge in [0.05, 0.1) is 17.3 Å².